The van der Waals surface area contributed by atoms with E-state index < -0.39 is 0 Å². The summed E-state index contributed by atoms with van der Waals surface area (Å²) in [6, 6.07) is 11.4. The highest BCUT2D eigenvalue weighted by Gasteiger charge is 1.98. The Bertz CT molecular complexity index is 556. The van der Waals surface area contributed by atoms with Crippen LogP contribution < -0.4 is 10.1 Å². The summed E-state index contributed by atoms with van der Waals surface area (Å²) in [6.07, 6.45) is 5.46. The molecule has 0 aliphatic carbocycles. The van der Waals surface area contributed by atoms with Crippen LogP contribution in [0.2, 0.25) is 0 Å². The third-order valence-corrected chi connectivity index (χ3v) is 2.81. The van der Waals surface area contributed by atoms with E-state index in [9.17, 15) is 4.79 Å². The van der Waals surface area contributed by atoms with Gasteiger partial charge in [-0.2, -0.15) is 0 Å². The van der Waals surface area contributed by atoms with Crippen molar-refractivity contribution >= 4 is 12.0 Å². The Kier molecular flexibility index (Phi) is 5.00. The highest BCUT2D eigenvalue weighted by molar-refractivity contribution is 5.91. The summed E-state index contributed by atoms with van der Waals surface area (Å²) in [5.74, 6) is 1.37. The number of hydrogen-bond acceptors (Lipinski definition) is 3. The van der Waals surface area contributed by atoms with Crippen LogP contribution in [0.15, 0.2) is 53.2 Å². The number of hydrogen-bond donors (Lipinski definition) is 1. The van der Waals surface area contributed by atoms with Crippen molar-refractivity contribution in [3.05, 3.63) is 60.1 Å². The Hall–Kier alpha value is -2.49. The molecule has 2 aromatic rings. The molecule has 0 saturated heterocycles. The monoisotopic (exact) mass is 271 g/mol. The van der Waals surface area contributed by atoms with Crippen molar-refractivity contribution in [2.75, 3.05) is 13.7 Å². The van der Waals surface area contributed by atoms with Gasteiger partial charge >= 0.3 is 0 Å². The van der Waals surface area contributed by atoms with Crippen molar-refractivity contribution < 1.29 is 13.9 Å². The minimum absolute atomic E-state index is 0.130. The van der Waals surface area contributed by atoms with Crippen LogP contribution in [0.4, 0.5) is 0 Å². The van der Waals surface area contributed by atoms with Gasteiger partial charge in [0.2, 0.25) is 5.91 Å². The molecule has 1 aromatic heterocycles. The van der Waals surface area contributed by atoms with E-state index in [1.165, 1.54) is 6.08 Å². The lowest BCUT2D eigenvalue weighted by Gasteiger charge is -2.04. The van der Waals surface area contributed by atoms with Crippen LogP contribution in [0.25, 0.3) is 6.08 Å². The molecule has 0 spiro atoms. The number of amides is 1. The van der Waals surface area contributed by atoms with Crippen molar-refractivity contribution in [2.24, 2.45) is 0 Å². The molecule has 0 atom stereocenters. The van der Waals surface area contributed by atoms with Gasteiger partial charge in [-0.15, -0.1) is 0 Å². The van der Waals surface area contributed by atoms with Gasteiger partial charge in [-0.25, -0.2) is 0 Å². The van der Waals surface area contributed by atoms with Crippen molar-refractivity contribution in [3.8, 4) is 5.75 Å². The molecule has 0 fully saturated rings. The molecular formula is C16H17NO3. The lowest BCUT2D eigenvalue weighted by molar-refractivity contribution is -0.116. The topological polar surface area (TPSA) is 51.5 Å². The minimum Gasteiger partial charge on any atom is -0.497 e. The van der Waals surface area contributed by atoms with Crippen molar-refractivity contribution in [1.82, 2.24) is 5.32 Å². The van der Waals surface area contributed by atoms with E-state index in [4.69, 9.17) is 9.15 Å². The standard InChI is InChI=1S/C16H17NO3/c1-19-14-6-4-13(5-7-14)10-11-17-16(18)9-8-15-3-2-12-20-15/h2-9,12H,10-11H2,1H3,(H,17,18)/b9-8+. The molecule has 0 radical (unpaired) electrons. The number of furan rings is 1. The normalized spacial score (nSPS) is 10.7. The molecule has 4 heteroatoms. The molecule has 1 N–H and O–H groups in total. The molecule has 0 aliphatic heterocycles. The maximum atomic E-state index is 11.6. The predicted molar refractivity (Wildman–Crippen MR) is 77.4 cm³/mol. The lowest BCUT2D eigenvalue weighted by Crippen LogP contribution is -2.23. The number of benzene rings is 1. The van der Waals surface area contributed by atoms with E-state index >= 15 is 0 Å². The third-order valence-electron chi connectivity index (χ3n) is 2.81. The first-order valence-corrected chi connectivity index (χ1v) is 6.40. The molecule has 20 heavy (non-hydrogen) atoms. The zero-order chi connectivity index (χ0) is 14.2. The average molecular weight is 271 g/mol. The van der Waals surface area contributed by atoms with Gasteiger partial charge in [-0.1, -0.05) is 12.1 Å². The quantitative estimate of drug-likeness (QED) is 0.822. The first-order chi connectivity index (χ1) is 9.78. The maximum absolute atomic E-state index is 11.6. The van der Waals surface area contributed by atoms with Gasteiger partial charge in [0.1, 0.15) is 11.5 Å². The Labute approximate surface area is 118 Å². The fraction of sp³-hybridized carbons (Fsp3) is 0.188. The number of nitrogens with one attached hydrogen (secondary N) is 1. The van der Waals surface area contributed by atoms with E-state index in [0.29, 0.717) is 12.3 Å². The average Bonchev–Trinajstić information content (AvgIpc) is 2.99. The van der Waals surface area contributed by atoms with E-state index in [0.717, 1.165) is 17.7 Å². The number of carbonyl (C=O) groups excluding carboxylic acids is 1. The van der Waals surface area contributed by atoms with E-state index in [1.54, 1.807) is 31.6 Å². The SMILES string of the molecule is COc1ccc(CCNC(=O)/C=C/c2ccco2)cc1. The van der Waals surface area contributed by atoms with Gasteiger partial charge in [-0.3, -0.25) is 4.79 Å². The van der Waals surface area contributed by atoms with Gasteiger partial charge < -0.3 is 14.5 Å². The van der Waals surface area contributed by atoms with Crippen molar-refractivity contribution in [2.45, 2.75) is 6.42 Å². The Morgan fingerprint density at radius 3 is 2.75 bits per heavy atom. The Morgan fingerprint density at radius 1 is 1.30 bits per heavy atom. The third kappa shape index (κ3) is 4.31. The largest absolute Gasteiger partial charge is 0.497 e. The molecule has 0 aliphatic rings. The van der Waals surface area contributed by atoms with Gasteiger partial charge in [0.25, 0.3) is 0 Å². The van der Waals surface area contributed by atoms with E-state index in [2.05, 4.69) is 5.32 Å². The van der Waals surface area contributed by atoms with Crippen LogP contribution in [-0.2, 0) is 11.2 Å². The van der Waals surface area contributed by atoms with Gasteiger partial charge in [-0.05, 0) is 42.3 Å². The lowest BCUT2D eigenvalue weighted by atomic mass is 10.1. The van der Waals surface area contributed by atoms with Crippen LogP contribution in [-0.4, -0.2) is 19.6 Å². The molecule has 2 rings (SSSR count). The van der Waals surface area contributed by atoms with Gasteiger partial charge in [0, 0.05) is 12.6 Å². The predicted octanol–water partition coefficient (Wildman–Crippen LogP) is 2.66. The highest BCUT2D eigenvalue weighted by atomic mass is 16.5. The van der Waals surface area contributed by atoms with Gasteiger partial charge in [0.05, 0.1) is 13.4 Å². The highest BCUT2D eigenvalue weighted by Crippen LogP contribution is 2.11. The van der Waals surface area contributed by atoms with Crippen LogP contribution >= 0.6 is 0 Å². The summed E-state index contributed by atoms with van der Waals surface area (Å²) < 4.78 is 10.2. The summed E-state index contributed by atoms with van der Waals surface area (Å²) in [7, 11) is 1.64. The molecule has 104 valence electrons. The summed E-state index contributed by atoms with van der Waals surface area (Å²) in [5, 5.41) is 2.82. The second-order valence-corrected chi connectivity index (χ2v) is 4.24. The van der Waals surface area contributed by atoms with E-state index in [1.807, 2.05) is 24.3 Å². The van der Waals surface area contributed by atoms with Crippen molar-refractivity contribution in [1.29, 1.82) is 0 Å². The second kappa shape index (κ2) is 7.19. The number of ether oxygens (including phenoxy) is 1. The second-order valence-electron chi connectivity index (χ2n) is 4.24. The first-order valence-electron chi connectivity index (χ1n) is 6.40. The molecule has 1 heterocycles. The first kappa shape index (κ1) is 13.9. The Balaban J connectivity index is 1.73. The smallest absolute Gasteiger partial charge is 0.244 e. The zero-order valence-electron chi connectivity index (χ0n) is 11.3. The number of rotatable bonds is 6. The fourth-order valence-electron chi connectivity index (χ4n) is 1.73. The van der Waals surface area contributed by atoms with Crippen LogP contribution in [0.1, 0.15) is 11.3 Å². The summed E-state index contributed by atoms with van der Waals surface area (Å²) in [4.78, 5) is 11.6. The molecular weight excluding hydrogens is 254 g/mol. The maximum Gasteiger partial charge on any atom is 0.244 e. The summed E-state index contributed by atoms with van der Waals surface area (Å²) in [6.45, 7) is 0.591. The fourth-order valence-corrected chi connectivity index (χ4v) is 1.73. The molecule has 1 aromatic carbocycles. The van der Waals surface area contributed by atoms with Gasteiger partial charge in [0.15, 0.2) is 0 Å². The van der Waals surface area contributed by atoms with E-state index in [-0.39, 0.29) is 5.91 Å². The molecule has 0 bridgehead atoms. The summed E-state index contributed by atoms with van der Waals surface area (Å²) in [5.41, 5.74) is 1.15. The number of carbonyl (C=O) groups is 1. The molecule has 1 amide bonds. The molecule has 4 nitrogen and oxygen atoms in total. The van der Waals surface area contributed by atoms with Crippen LogP contribution in [0, 0.1) is 0 Å². The van der Waals surface area contributed by atoms with Crippen LogP contribution in [0.3, 0.4) is 0 Å². The van der Waals surface area contributed by atoms with Crippen molar-refractivity contribution in [3.63, 3.8) is 0 Å². The molecule has 0 saturated carbocycles. The Morgan fingerprint density at radius 2 is 2.10 bits per heavy atom. The minimum atomic E-state index is -0.130. The van der Waals surface area contributed by atoms with Crippen LogP contribution in [0.5, 0.6) is 5.75 Å². The number of methoxy groups -OCH3 is 1. The zero-order valence-corrected chi connectivity index (χ0v) is 11.3. The molecule has 0 unspecified atom stereocenters. The summed E-state index contributed by atoms with van der Waals surface area (Å²) >= 11 is 0.